The molecule has 1 saturated heterocycles. The summed E-state index contributed by atoms with van der Waals surface area (Å²) in [5.41, 5.74) is 0.816. The summed E-state index contributed by atoms with van der Waals surface area (Å²) in [6.07, 6.45) is 2.26. The summed E-state index contributed by atoms with van der Waals surface area (Å²) in [4.78, 5) is 26.5. The lowest BCUT2D eigenvalue weighted by molar-refractivity contribution is -0.139. The van der Waals surface area contributed by atoms with Gasteiger partial charge in [-0.1, -0.05) is 6.07 Å². The SMILES string of the molecule is Cc1c(C(=O)N2CCC3(CC2)CC3C(=O)O)sc2cc(F)ccc12. The number of piperidine rings is 1. The molecule has 2 aromatic rings. The van der Waals surface area contributed by atoms with E-state index in [1.165, 1.54) is 23.5 Å². The zero-order valence-electron chi connectivity index (χ0n) is 13.3. The van der Waals surface area contributed by atoms with Gasteiger partial charge in [-0.05, 0) is 54.7 Å². The van der Waals surface area contributed by atoms with Crippen molar-refractivity contribution in [1.82, 2.24) is 4.90 Å². The summed E-state index contributed by atoms with van der Waals surface area (Å²) >= 11 is 1.34. The van der Waals surface area contributed by atoms with E-state index in [2.05, 4.69) is 0 Å². The second kappa shape index (κ2) is 5.28. The lowest BCUT2D eigenvalue weighted by Gasteiger charge is -2.32. The molecular weight excluding hydrogens is 329 g/mol. The van der Waals surface area contributed by atoms with Gasteiger partial charge in [0.15, 0.2) is 0 Å². The number of carboxylic acid groups (broad SMARTS) is 1. The van der Waals surface area contributed by atoms with Gasteiger partial charge in [0.2, 0.25) is 0 Å². The summed E-state index contributed by atoms with van der Waals surface area (Å²) in [5.74, 6) is -1.26. The van der Waals surface area contributed by atoms with Crippen molar-refractivity contribution in [3.63, 3.8) is 0 Å². The van der Waals surface area contributed by atoms with Gasteiger partial charge in [-0.25, -0.2) is 4.39 Å². The number of likely N-dealkylation sites (tertiary alicyclic amines) is 1. The molecule has 4 nitrogen and oxygen atoms in total. The third-order valence-electron chi connectivity index (χ3n) is 5.63. The number of hydrogen-bond acceptors (Lipinski definition) is 3. The molecule has 126 valence electrons. The van der Waals surface area contributed by atoms with E-state index in [1.54, 1.807) is 6.07 Å². The number of nitrogens with zero attached hydrogens (tertiary/aromatic N) is 1. The molecule has 24 heavy (non-hydrogen) atoms. The fourth-order valence-corrected chi connectivity index (χ4v) is 5.15. The van der Waals surface area contributed by atoms with Gasteiger partial charge >= 0.3 is 5.97 Å². The molecule has 0 bridgehead atoms. The van der Waals surface area contributed by atoms with Crippen LogP contribution in [0, 0.1) is 24.1 Å². The first-order chi connectivity index (χ1) is 11.4. The van der Waals surface area contributed by atoms with Gasteiger partial charge in [0.05, 0.1) is 10.8 Å². The summed E-state index contributed by atoms with van der Waals surface area (Å²) < 4.78 is 14.2. The summed E-state index contributed by atoms with van der Waals surface area (Å²) in [6, 6.07) is 4.61. The lowest BCUT2D eigenvalue weighted by Crippen LogP contribution is -2.39. The van der Waals surface area contributed by atoms with Gasteiger partial charge in [-0.3, -0.25) is 9.59 Å². The Hall–Kier alpha value is -1.95. The third-order valence-corrected chi connectivity index (χ3v) is 6.87. The molecule has 2 aliphatic rings. The maximum Gasteiger partial charge on any atom is 0.307 e. The van der Waals surface area contributed by atoms with Gasteiger partial charge in [0, 0.05) is 17.8 Å². The van der Waals surface area contributed by atoms with Crippen LogP contribution in [-0.2, 0) is 4.79 Å². The molecule has 1 N–H and O–H groups in total. The molecule has 0 radical (unpaired) electrons. The van der Waals surface area contributed by atoms with Crippen molar-refractivity contribution >= 4 is 33.3 Å². The first-order valence-corrected chi connectivity index (χ1v) is 8.94. The molecule has 1 unspecified atom stereocenters. The van der Waals surface area contributed by atoms with Crippen LogP contribution in [-0.4, -0.2) is 35.0 Å². The van der Waals surface area contributed by atoms with Crippen LogP contribution in [0.3, 0.4) is 0 Å². The van der Waals surface area contributed by atoms with E-state index in [0.717, 1.165) is 34.9 Å². The number of amides is 1. The monoisotopic (exact) mass is 347 g/mol. The van der Waals surface area contributed by atoms with Crippen molar-refractivity contribution in [3.05, 3.63) is 34.5 Å². The minimum Gasteiger partial charge on any atom is -0.481 e. The highest BCUT2D eigenvalue weighted by Gasteiger charge is 2.59. The average Bonchev–Trinajstić information content (AvgIpc) is 3.16. The molecule has 1 amide bonds. The second-order valence-corrected chi connectivity index (χ2v) is 8.00. The van der Waals surface area contributed by atoms with Gasteiger partial charge < -0.3 is 10.0 Å². The Bertz CT molecular complexity index is 851. The number of fused-ring (bicyclic) bond motifs is 1. The predicted octanol–water partition coefficient (Wildman–Crippen LogP) is 3.68. The molecule has 1 aliphatic heterocycles. The van der Waals surface area contributed by atoms with Gasteiger partial charge in [0.1, 0.15) is 5.82 Å². The average molecular weight is 347 g/mol. The molecule has 1 spiro atoms. The van der Waals surface area contributed by atoms with E-state index in [4.69, 9.17) is 5.11 Å². The van der Waals surface area contributed by atoms with E-state index in [-0.39, 0.29) is 23.1 Å². The van der Waals surface area contributed by atoms with Crippen LogP contribution in [0.2, 0.25) is 0 Å². The molecule has 2 fully saturated rings. The first kappa shape index (κ1) is 15.6. The first-order valence-electron chi connectivity index (χ1n) is 8.12. The van der Waals surface area contributed by atoms with E-state index in [1.807, 2.05) is 11.8 Å². The van der Waals surface area contributed by atoms with Gasteiger partial charge in [-0.2, -0.15) is 0 Å². The summed E-state index contributed by atoms with van der Waals surface area (Å²) in [6.45, 7) is 3.10. The van der Waals surface area contributed by atoms with E-state index in [0.29, 0.717) is 18.0 Å². The van der Waals surface area contributed by atoms with Crippen molar-refractivity contribution in [2.24, 2.45) is 11.3 Å². The van der Waals surface area contributed by atoms with Crippen LogP contribution in [0.5, 0.6) is 0 Å². The van der Waals surface area contributed by atoms with Gasteiger partial charge in [0.25, 0.3) is 5.91 Å². The van der Waals surface area contributed by atoms with Crippen LogP contribution in [0.25, 0.3) is 10.1 Å². The van der Waals surface area contributed by atoms with Crippen molar-refractivity contribution in [2.45, 2.75) is 26.2 Å². The maximum absolute atomic E-state index is 13.4. The number of thiophene rings is 1. The number of carboxylic acids is 1. The number of halogens is 1. The highest BCUT2D eigenvalue weighted by atomic mass is 32.1. The topological polar surface area (TPSA) is 57.6 Å². The largest absolute Gasteiger partial charge is 0.481 e. The van der Waals surface area contributed by atoms with Crippen molar-refractivity contribution in [2.75, 3.05) is 13.1 Å². The number of aliphatic carboxylic acids is 1. The van der Waals surface area contributed by atoms with Crippen LogP contribution < -0.4 is 0 Å². The Morgan fingerprint density at radius 2 is 2.04 bits per heavy atom. The molecular formula is C18H18FNO3S. The Balaban J connectivity index is 1.53. The zero-order valence-corrected chi connectivity index (χ0v) is 14.2. The van der Waals surface area contributed by atoms with Crippen molar-refractivity contribution < 1.29 is 19.1 Å². The molecule has 1 aromatic heterocycles. The summed E-state index contributed by atoms with van der Waals surface area (Å²) in [5, 5.41) is 10.1. The van der Waals surface area contributed by atoms with Crippen LogP contribution in [0.15, 0.2) is 18.2 Å². The number of aryl methyl sites for hydroxylation is 1. The number of carbonyl (C=O) groups excluding carboxylic acids is 1. The number of benzene rings is 1. The molecule has 1 atom stereocenters. The molecule has 4 rings (SSSR count). The van der Waals surface area contributed by atoms with E-state index in [9.17, 15) is 14.0 Å². The van der Waals surface area contributed by atoms with Crippen LogP contribution >= 0.6 is 11.3 Å². The van der Waals surface area contributed by atoms with Crippen molar-refractivity contribution in [1.29, 1.82) is 0 Å². The maximum atomic E-state index is 13.4. The molecule has 1 aromatic carbocycles. The van der Waals surface area contributed by atoms with Gasteiger partial charge in [-0.15, -0.1) is 11.3 Å². The second-order valence-electron chi connectivity index (χ2n) is 6.95. The van der Waals surface area contributed by atoms with Crippen molar-refractivity contribution in [3.8, 4) is 0 Å². The third kappa shape index (κ3) is 2.32. The minimum atomic E-state index is -0.711. The number of rotatable bonds is 2. The predicted molar refractivity (Wildman–Crippen MR) is 89.8 cm³/mol. The van der Waals surface area contributed by atoms with E-state index >= 15 is 0 Å². The smallest absolute Gasteiger partial charge is 0.307 e. The Kier molecular flexibility index (Phi) is 3.42. The minimum absolute atomic E-state index is 0.0171. The molecule has 1 aliphatic carbocycles. The molecule has 2 heterocycles. The summed E-state index contributed by atoms with van der Waals surface area (Å²) in [7, 11) is 0. The Morgan fingerprint density at radius 1 is 1.33 bits per heavy atom. The van der Waals surface area contributed by atoms with Crippen LogP contribution in [0.1, 0.15) is 34.5 Å². The number of carbonyl (C=O) groups is 2. The lowest BCUT2D eigenvalue weighted by atomic mass is 9.90. The zero-order chi connectivity index (χ0) is 17.1. The van der Waals surface area contributed by atoms with E-state index < -0.39 is 5.97 Å². The number of hydrogen-bond donors (Lipinski definition) is 1. The highest BCUT2D eigenvalue weighted by Crippen LogP contribution is 2.59. The fraction of sp³-hybridized carbons (Fsp3) is 0.444. The quantitative estimate of drug-likeness (QED) is 0.902. The normalized spacial score (nSPS) is 22.1. The highest BCUT2D eigenvalue weighted by molar-refractivity contribution is 7.21. The van der Waals surface area contributed by atoms with Crippen LogP contribution in [0.4, 0.5) is 4.39 Å². The Morgan fingerprint density at radius 3 is 2.67 bits per heavy atom. The molecule has 6 heteroatoms. The fourth-order valence-electron chi connectivity index (χ4n) is 3.95. The molecule has 1 saturated carbocycles. The Labute approximate surface area is 142 Å². The standard InChI is InChI=1S/C18H18FNO3S/c1-10-12-3-2-11(19)8-14(12)24-15(10)16(21)20-6-4-18(5-7-20)9-13(18)17(22)23/h2-3,8,13H,4-7,9H2,1H3,(H,22,23).